The summed E-state index contributed by atoms with van der Waals surface area (Å²) in [5, 5.41) is 16.6. The molecule has 0 aliphatic carbocycles. The van der Waals surface area contributed by atoms with Gasteiger partial charge < -0.3 is 16.0 Å². The number of nitrogens with one attached hydrogen (secondary N) is 1. The van der Waals surface area contributed by atoms with Crippen LogP contribution in [-0.4, -0.2) is 68.7 Å². The Morgan fingerprint density at radius 3 is 2.55 bits per heavy atom. The molecule has 1 aliphatic heterocycles. The maximum absolute atomic E-state index is 12.5. The molecule has 3 N–H and O–H groups in total. The molecule has 0 bridgehead atoms. The molecule has 1 saturated heterocycles. The summed E-state index contributed by atoms with van der Waals surface area (Å²) < 4.78 is 1.51. The summed E-state index contributed by atoms with van der Waals surface area (Å²) in [6.45, 7) is 6.91. The number of likely N-dealkylation sites (N-methyl/N-ethyl adjacent to an activating group) is 1. The van der Waals surface area contributed by atoms with E-state index in [4.69, 9.17) is 22.6 Å². The molecule has 0 unspecified atom stereocenters. The van der Waals surface area contributed by atoms with Crippen LogP contribution in [0.5, 0.6) is 0 Å². The number of anilines is 2. The Kier molecular flexibility index (Phi) is 8.80. The number of aromatic nitrogens is 4. The number of hydrogen-bond donors (Lipinski definition) is 2. The number of rotatable bonds is 7. The standard InChI is InChI=1S/C31H30ClN9O/c1-21-3-7-27(30(34)42)29(23-5-6-24(28(32)15-23)19-40-13-11-39(2)12-14-40)26(21)8-4-22-16-35-31(36-17-22)38-25-18-37-41(20-25)10-9-33/h3,5-7,15-18,20H,10-14,19H2,1-2H3,(H2,34,42)(H,35,36,38). The lowest BCUT2D eigenvalue weighted by molar-refractivity contribution is 0.100. The predicted octanol–water partition coefficient (Wildman–Crippen LogP) is 3.82. The van der Waals surface area contributed by atoms with Gasteiger partial charge in [0.15, 0.2) is 0 Å². The summed E-state index contributed by atoms with van der Waals surface area (Å²) in [4.78, 5) is 25.9. The fraction of sp³-hybridized carbons (Fsp3) is 0.258. The van der Waals surface area contributed by atoms with E-state index in [1.807, 2.05) is 37.3 Å². The second-order valence-corrected chi connectivity index (χ2v) is 10.6. The summed E-state index contributed by atoms with van der Waals surface area (Å²) in [6, 6.07) is 11.5. The molecular weight excluding hydrogens is 550 g/mol. The first-order chi connectivity index (χ1) is 20.3. The maximum Gasteiger partial charge on any atom is 0.249 e. The van der Waals surface area contributed by atoms with Crippen molar-refractivity contribution < 1.29 is 4.79 Å². The Labute approximate surface area is 249 Å². The minimum atomic E-state index is -0.539. The molecule has 1 aliphatic rings. The number of nitrogens with two attached hydrogens (primary N) is 1. The van der Waals surface area contributed by atoms with Gasteiger partial charge in [0, 0.05) is 73.0 Å². The van der Waals surface area contributed by atoms with E-state index in [1.54, 1.807) is 30.9 Å². The minimum Gasteiger partial charge on any atom is -0.366 e. The summed E-state index contributed by atoms with van der Waals surface area (Å²) in [7, 11) is 2.13. The Hall–Kier alpha value is -4.74. The first-order valence-electron chi connectivity index (χ1n) is 13.4. The predicted molar refractivity (Wildman–Crippen MR) is 162 cm³/mol. The van der Waals surface area contributed by atoms with Gasteiger partial charge in [-0.15, -0.1) is 0 Å². The number of nitrogens with zero attached hydrogens (tertiary/aromatic N) is 7. The molecule has 11 heteroatoms. The number of nitriles is 1. The second kappa shape index (κ2) is 12.8. The lowest BCUT2D eigenvalue weighted by Gasteiger charge is -2.32. The van der Waals surface area contributed by atoms with Crippen molar-refractivity contribution >= 4 is 29.1 Å². The maximum atomic E-state index is 12.5. The van der Waals surface area contributed by atoms with Crippen molar-refractivity contribution in [3.8, 4) is 29.0 Å². The number of aryl methyl sites for hydroxylation is 1. The smallest absolute Gasteiger partial charge is 0.249 e. The fourth-order valence-corrected chi connectivity index (χ4v) is 5.00. The van der Waals surface area contributed by atoms with Gasteiger partial charge in [0.05, 0.1) is 23.5 Å². The third kappa shape index (κ3) is 6.76. The molecule has 5 rings (SSSR count). The van der Waals surface area contributed by atoms with Crippen LogP contribution in [-0.2, 0) is 13.1 Å². The van der Waals surface area contributed by atoms with E-state index in [0.717, 1.165) is 49.4 Å². The molecule has 0 saturated carbocycles. The molecule has 212 valence electrons. The Morgan fingerprint density at radius 1 is 1.10 bits per heavy atom. The van der Waals surface area contributed by atoms with Crippen molar-refractivity contribution in [2.75, 3.05) is 38.5 Å². The number of halogens is 1. The monoisotopic (exact) mass is 579 g/mol. The van der Waals surface area contributed by atoms with Crippen molar-refractivity contribution in [2.45, 2.75) is 20.0 Å². The van der Waals surface area contributed by atoms with Crippen molar-refractivity contribution in [1.29, 1.82) is 5.26 Å². The van der Waals surface area contributed by atoms with Gasteiger partial charge in [0.2, 0.25) is 11.9 Å². The molecule has 2 aromatic heterocycles. The topological polar surface area (TPSA) is 129 Å². The zero-order valence-electron chi connectivity index (χ0n) is 23.4. The average molecular weight is 580 g/mol. The number of primary amides is 1. The van der Waals surface area contributed by atoms with E-state index in [-0.39, 0.29) is 6.54 Å². The molecule has 4 aromatic rings. The van der Waals surface area contributed by atoms with E-state index >= 15 is 0 Å². The van der Waals surface area contributed by atoms with E-state index < -0.39 is 5.91 Å². The Bertz CT molecular complexity index is 1710. The van der Waals surface area contributed by atoms with Crippen LogP contribution in [0.25, 0.3) is 11.1 Å². The highest BCUT2D eigenvalue weighted by atomic mass is 35.5. The van der Waals surface area contributed by atoms with Crippen LogP contribution in [0.1, 0.15) is 32.6 Å². The van der Waals surface area contributed by atoms with Crippen LogP contribution in [0.3, 0.4) is 0 Å². The lowest BCUT2D eigenvalue weighted by atomic mass is 9.90. The minimum absolute atomic E-state index is 0.155. The van der Waals surface area contributed by atoms with Crippen LogP contribution in [0.15, 0.2) is 55.1 Å². The van der Waals surface area contributed by atoms with Crippen LogP contribution in [0.4, 0.5) is 11.6 Å². The SMILES string of the molecule is Cc1ccc(C(N)=O)c(-c2ccc(CN3CCN(C)CC3)c(Cl)c2)c1C#Cc1cnc(Nc2cnn(CC#N)c2)nc1. The van der Waals surface area contributed by atoms with Crippen LogP contribution >= 0.6 is 11.6 Å². The van der Waals surface area contributed by atoms with Crippen molar-refractivity contribution in [2.24, 2.45) is 5.73 Å². The zero-order valence-corrected chi connectivity index (χ0v) is 24.2. The van der Waals surface area contributed by atoms with E-state index in [2.05, 4.69) is 49.1 Å². The zero-order chi connectivity index (χ0) is 29.6. The van der Waals surface area contributed by atoms with Gasteiger partial charge in [-0.1, -0.05) is 41.6 Å². The molecule has 3 heterocycles. The first-order valence-corrected chi connectivity index (χ1v) is 13.8. The number of carbonyl (C=O) groups is 1. The van der Waals surface area contributed by atoms with Gasteiger partial charge in [-0.3, -0.25) is 14.4 Å². The van der Waals surface area contributed by atoms with Gasteiger partial charge in [-0.05, 0) is 42.8 Å². The highest BCUT2D eigenvalue weighted by Crippen LogP contribution is 2.33. The molecule has 1 fully saturated rings. The number of amides is 1. The third-order valence-corrected chi connectivity index (χ3v) is 7.47. The van der Waals surface area contributed by atoms with Crippen molar-refractivity contribution in [3.05, 3.63) is 88.0 Å². The number of carbonyl (C=O) groups excluding carboxylic acids is 1. The van der Waals surface area contributed by atoms with E-state index in [0.29, 0.717) is 38.9 Å². The van der Waals surface area contributed by atoms with Gasteiger partial charge in [0.25, 0.3) is 0 Å². The van der Waals surface area contributed by atoms with Crippen LogP contribution < -0.4 is 11.1 Å². The molecular formula is C31H30ClN9O. The van der Waals surface area contributed by atoms with Gasteiger partial charge in [0.1, 0.15) is 6.54 Å². The fourth-order valence-electron chi connectivity index (χ4n) is 4.76. The van der Waals surface area contributed by atoms with Crippen molar-refractivity contribution in [3.63, 3.8) is 0 Å². The largest absolute Gasteiger partial charge is 0.366 e. The van der Waals surface area contributed by atoms with Crippen molar-refractivity contribution in [1.82, 2.24) is 29.5 Å². The molecule has 10 nitrogen and oxygen atoms in total. The summed E-state index contributed by atoms with van der Waals surface area (Å²) in [6.07, 6.45) is 6.51. The quantitative estimate of drug-likeness (QED) is 0.316. The molecule has 0 spiro atoms. The van der Waals surface area contributed by atoms with Crippen LogP contribution in [0, 0.1) is 30.1 Å². The van der Waals surface area contributed by atoms with E-state index in [9.17, 15) is 4.79 Å². The molecule has 1 amide bonds. The first kappa shape index (κ1) is 28.8. The number of piperazine rings is 1. The summed E-state index contributed by atoms with van der Waals surface area (Å²) >= 11 is 6.78. The highest BCUT2D eigenvalue weighted by Gasteiger charge is 2.19. The molecule has 42 heavy (non-hydrogen) atoms. The third-order valence-electron chi connectivity index (χ3n) is 7.12. The molecule has 2 aromatic carbocycles. The second-order valence-electron chi connectivity index (χ2n) is 10.2. The molecule has 0 atom stereocenters. The van der Waals surface area contributed by atoms with Gasteiger partial charge in [-0.2, -0.15) is 10.4 Å². The number of hydrogen-bond acceptors (Lipinski definition) is 8. The summed E-state index contributed by atoms with van der Waals surface area (Å²) in [5.41, 5.74) is 11.5. The Balaban J connectivity index is 1.41. The normalized spacial score (nSPS) is 13.7. The van der Waals surface area contributed by atoms with Crippen LogP contribution in [0.2, 0.25) is 5.02 Å². The van der Waals surface area contributed by atoms with Gasteiger partial charge in [-0.25, -0.2) is 9.97 Å². The van der Waals surface area contributed by atoms with Gasteiger partial charge >= 0.3 is 0 Å². The Morgan fingerprint density at radius 2 is 1.86 bits per heavy atom. The average Bonchev–Trinajstić information content (AvgIpc) is 3.42. The van der Waals surface area contributed by atoms with E-state index in [1.165, 1.54) is 4.68 Å². The lowest BCUT2D eigenvalue weighted by Crippen LogP contribution is -2.43. The summed E-state index contributed by atoms with van der Waals surface area (Å²) in [5.74, 6) is 6.18. The highest BCUT2D eigenvalue weighted by molar-refractivity contribution is 6.31. The molecule has 0 radical (unpaired) electrons. The number of benzene rings is 2.